The molecule has 104 valence electrons. The van der Waals surface area contributed by atoms with E-state index in [0.29, 0.717) is 21.8 Å². The minimum absolute atomic E-state index is 0.00517. The number of fused-ring (bicyclic) bond motifs is 1. The smallest absolute Gasteiger partial charge is 0.336 e. The molecular weight excluding hydrogens is 293 g/mol. The monoisotopic (exact) mass is 301 g/mol. The lowest BCUT2D eigenvalue weighted by Gasteiger charge is -2.08. The zero-order chi connectivity index (χ0) is 15.0. The normalized spacial score (nSPS) is 10.8. The first kappa shape index (κ1) is 13.5. The van der Waals surface area contributed by atoms with Crippen LogP contribution in [0.15, 0.2) is 48.5 Å². The molecule has 0 aliphatic rings. The van der Waals surface area contributed by atoms with Gasteiger partial charge in [0.25, 0.3) is 0 Å². The minimum Gasteiger partial charge on any atom is -0.478 e. The molecule has 0 saturated carbocycles. The first-order valence-electron chi connectivity index (χ1n) is 6.15. The number of pyridine rings is 1. The fraction of sp³-hybridized carbons (Fsp3) is 0. The molecule has 0 unspecified atom stereocenters. The Balaban J connectivity index is 2.34. The van der Waals surface area contributed by atoms with E-state index in [1.807, 2.05) is 0 Å². The second-order valence-corrected chi connectivity index (χ2v) is 4.91. The zero-order valence-corrected chi connectivity index (χ0v) is 11.4. The van der Waals surface area contributed by atoms with Crippen LogP contribution in [0.3, 0.4) is 0 Å². The lowest BCUT2D eigenvalue weighted by Crippen LogP contribution is -2.00. The predicted molar refractivity (Wildman–Crippen MR) is 79.1 cm³/mol. The number of hydrogen-bond donors (Lipinski definition) is 1. The van der Waals surface area contributed by atoms with Gasteiger partial charge in [0.2, 0.25) is 0 Å². The van der Waals surface area contributed by atoms with Gasteiger partial charge in [0.15, 0.2) is 0 Å². The second-order valence-electron chi connectivity index (χ2n) is 4.50. The van der Waals surface area contributed by atoms with Gasteiger partial charge in [-0.2, -0.15) is 0 Å². The summed E-state index contributed by atoms with van der Waals surface area (Å²) in [4.78, 5) is 15.8. The van der Waals surface area contributed by atoms with E-state index in [4.69, 9.17) is 11.6 Å². The predicted octanol–water partition coefficient (Wildman–Crippen LogP) is 4.39. The van der Waals surface area contributed by atoms with E-state index >= 15 is 0 Å². The van der Waals surface area contributed by atoms with Crippen LogP contribution in [-0.4, -0.2) is 16.1 Å². The summed E-state index contributed by atoms with van der Waals surface area (Å²) < 4.78 is 13.3. The SMILES string of the molecule is O=C(O)c1cc(-c2ccccc2Cl)nc2ccc(F)cc12. The van der Waals surface area contributed by atoms with E-state index < -0.39 is 11.8 Å². The Bertz CT molecular complexity index is 864. The van der Waals surface area contributed by atoms with Gasteiger partial charge in [0.1, 0.15) is 5.82 Å². The van der Waals surface area contributed by atoms with Crippen molar-refractivity contribution in [1.82, 2.24) is 4.98 Å². The summed E-state index contributed by atoms with van der Waals surface area (Å²) in [5.41, 5.74) is 1.48. The molecule has 1 N–H and O–H groups in total. The van der Waals surface area contributed by atoms with Crippen LogP contribution < -0.4 is 0 Å². The molecular formula is C16H9ClFNO2. The lowest BCUT2D eigenvalue weighted by atomic mass is 10.0. The maximum Gasteiger partial charge on any atom is 0.336 e. The van der Waals surface area contributed by atoms with Gasteiger partial charge in [-0.05, 0) is 30.3 Å². The molecule has 0 aliphatic heterocycles. The third-order valence-electron chi connectivity index (χ3n) is 3.15. The summed E-state index contributed by atoms with van der Waals surface area (Å²) in [6.07, 6.45) is 0. The summed E-state index contributed by atoms with van der Waals surface area (Å²) in [7, 11) is 0. The molecule has 0 spiro atoms. The molecule has 21 heavy (non-hydrogen) atoms. The molecule has 0 atom stereocenters. The molecule has 0 amide bonds. The van der Waals surface area contributed by atoms with Crippen LogP contribution >= 0.6 is 11.6 Å². The summed E-state index contributed by atoms with van der Waals surface area (Å²) in [5, 5.41) is 10.1. The van der Waals surface area contributed by atoms with Gasteiger partial charge < -0.3 is 5.11 Å². The molecule has 1 aromatic heterocycles. The number of halogens is 2. The molecule has 3 aromatic rings. The highest BCUT2D eigenvalue weighted by Crippen LogP contribution is 2.30. The van der Waals surface area contributed by atoms with Gasteiger partial charge >= 0.3 is 5.97 Å². The fourth-order valence-corrected chi connectivity index (χ4v) is 2.41. The van der Waals surface area contributed by atoms with Crippen molar-refractivity contribution in [3.05, 3.63) is 64.9 Å². The molecule has 0 radical (unpaired) electrons. The third kappa shape index (κ3) is 2.45. The van der Waals surface area contributed by atoms with Gasteiger partial charge in [-0.15, -0.1) is 0 Å². The topological polar surface area (TPSA) is 50.2 Å². The number of aromatic carboxylic acids is 1. The van der Waals surface area contributed by atoms with Gasteiger partial charge in [0.05, 0.1) is 16.8 Å². The van der Waals surface area contributed by atoms with Gasteiger partial charge in [0, 0.05) is 16.0 Å². The Morgan fingerprint density at radius 2 is 1.90 bits per heavy atom. The largest absolute Gasteiger partial charge is 0.478 e. The number of aromatic nitrogens is 1. The summed E-state index contributed by atoms with van der Waals surface area (Å²) in [6.45, 7) is 0. The van der Waals surface area contributed by atoms with Crippen molar-refractivity contribution in [2.75, 3.05) is 0 Å². The van der Waals surface area contributed by atoms with Crippen molar-refractivity contribution in [1.29, 1.82) is 0 Å². The Kier molecular flexibility index (Phi) is 3.31. The van der Waals surface area contributed by atoms with Crippen LogP contribution in [0.2, 0.25) is 5.02 Å². The van der Waals surface area contributed by atoms with Crippen LogP contribution in [0, 0.1) is 5.82 Å². The van der Waals surface area contributed by atoms with Crippen molar-refractivity contribution in [3.8, 4) is 11.3 Å². The zero-order valence-electron chi connectivity index (χ0n) is 10.7. The van der Waals surface area contributed by atoms with E-state index in [-0.39, 0.29) is 10.9 Å². The number of rotatable bonds is 2. The maximum absolute atomic E-state index is 13.3. The summed E-state index contributed by atoms with van der Waals surface area (Å²) in [6, 6.07) is 12.3. The van der Waals surface area contributed by atoms with E-state index in [1.165, 1.54) is 24.3 Å². The average Bonchev–Trinajstić information content (AvgIpc) is 2.46. The average molecular weight is 302 g/mol. The van der Waals surface area contributed by atoms with Crippen molar-refractivity contribution in [2.24, 2.45) is 0 Å². The Morgan fingerprint density at radius 3 is 2.62 bits per heavy atom. The highest BCUT2D eigenvalue weighted by atomic mass is 35.5. The van der Waals surface area contributed by atoms with Crippen LogP contribution in [0.25, 0.3) is 22.2 Å². The van der Waals surface area contributed by atoms with Crippen LogP contribution in [-0.2, 0) is 0 Å². The minimum atomic E-state index is -1.14. The molecule has 0 fully saturated rings. The highest BCUT2D eigenvalue weighted by Gasteiger charge is 2.14. The number of hydrogen-bond acceptors (Lipinski definition) is 2. The quantitative estimate of drug-likeness (QED) is 0.763. The Morgan fingerprint density at radius 1 is 1.14 bits per heavy atom. The fourth-order valence-electron chi connectivity index (χ4n) is 2.18. The Hall–Kier alpha value is -2.46. The summed E-state index contributed by atoms with van der Waals surface area (Å²) in [5.74, 6) is -1.64. The number of benzene rings is 2. The van der Waals surface area contributed by atoms with Crippen LogP contribution in [0.5, 0.6) is 0 Å². The number of carboxylic acid groups (broad SMARTS) is 1. The molecule has 2 aromatic carbocycles. The number of carbonyl (C=O) groups is 1. The van der Waals surface area contributed by atoms with E-state index in [0.717, 1.165) is 0 Å². The molecule has 0 bridgehead atoms. The second kappa shape index (κ2) is 5.14. The first-order chi connectivity index (χ1) is 10.1. The molecule has 0 saturated heterocycles. The highest BCUT2D eigenvalue weighted by molar-refractivity contribution is 6.33. The lowest BCUT2D eigenvalue weighted by molar-refractivity contribution is 0.0699. The number of nitrogens with zero attached hydrogens (tertiary/aromatic N) is 1. The third-order valence-corrected chi connectivity index (χ3v) is 3.48. The van der Waals surface area contributed by atoms with E-state index in [1.54, 1.807) is 24.3 Å². The van der Waals surface area contributed by atoms with Gasteiger partial charge in [-0.1, -0.05) is 29.8 Å². The maximum atomic E-state index is 13.3. The standard InChI is InChI=1S/C16H9ClFNO2/c17-13-4-2-1-3-10(13)15-8-12(16(20)21)11-7-9(18)5-6-14(11)19-15/h1-8H,(H,20,21). The van der Waals surface area contributed by atoms with Crippen LogP contribution in [0.1, 0.15) is 10.4 Å². The van der Waals surface area contributed by atoms with Crippen molar-refractivity contribution >= 4 is 28.5 Å². The van der Waals surface area contributed by atoms with E-state index in [9.17, 15) is 14.3 Å². The van der Waals surface area contributed by atoms with Crippen molar-refractivity contribution in [3.63, 3.8) is 0 Å². The first-order valence-corrected chi connectivity index (χ1v) is 6.52. The van der Waals surface area contributed by atoms with E-state index in [2.05, 4.69) is 4.98 Å². The molecule has 1 heterocycles. The van der Waals surface area contributed by atoms with Gasteiger partial charge in [-0.25, -0.2) is 14.2 Å². The van der Waals surface area contributed by atoms with Gasteiger partial charge in [-0.3, -0.25) is 0 Å². The summed E-state index contributed by atoms with van der Waals surface area (Å²) >= 11 is 6.12. The number of carboxylic acids is 1. The molecule has 3 rings (SSSR count). The molecule has 0 aliphatic carbocycles. The molecule has 5 heteroatoms. The molecule has 3 nitrogen and oxygen atoms in total. The van der Waals surface area contributed by atoms with Crippen molar-refractivity contribution < 1.29 is 14.3 Å². The van der Waals surface area contributed by atoms with Crippen LogP contribution in [0.4, 0.5) is 4.39 Å². The van der Waals surface area contributed by atoms with Crippen molar-refractivity contribution in [2.45, 2.75) is 0 Å². The Labute approximate surface area is 124 Å².